The van der Waals surface area contributed by atoms with Crippen LogP contribution in [0, 0.1) is 0 Å². The monoisotopic (exact) mass is 370 g/mol. The standard InChI is InChI=1S/C20H22N2O3S/c1-21(13-15-7-9-16(26-2)10-8-15)19(23)11-12-22-17-5-3-4-6-18(17)25-14-20(22)24/h3-10H,11-14H2,1-2H3. The van der Waals surface area contributed by atoms with Gasteiger partial charge < -0.3 is 14.5 Å². The number of carbonyl (C=O) groups excluding carboxylic acids is 2. The lowest BCUT2D eigenvalue weighted by atomic mass is 10.2. The van der Waals surface area contributed by atoms with E-state index in [-0.39, 0.29) is 24.8 Å². The summed E-state index contributed by atoms with van der Waals surface area (Å²) in [6, 6.07) is 15.6. The number of hydrogen-bond acceptors (Lipinski definition) is 4. The van der Waals surface area contributed by atoms with Gasteiger partial charge in [-0.05, 0) is 36.1 Å². The first-order valence-electron chi connectivity index (χ1n) is 8.47. The molecule has 0 bridgehead atoms. The third-order valence-electron chi connectivity index (χ3n) is 4.36. The number of fused-ring (bicyclic) bond motifs is 1. The van der Waals surface area contributed by atoms with E-state index in [0.717, 1.165) is 11.3 Å². The van der Waals surface area contributed by atoms with E-state index in [4.69, 9.17) is 4.74 Å². The second kappa shape index (κ2) is 8.27. The summed E-state index contributed by atoms with van der Waals surface area (Å²) in [7, 11) is 1.79. The lowest BCUT2D eigenvalue weighted by Crippen LogP contribution is -2.41. The van der Waals surface area contributed by atoms with E-state index in [2.05, 4.69) is 12.1 Å². The SMILES string of the molecule is CSc1ccc(CN(C)C(=O)CCN2C(=O)COc3ccccc32)cc1. The minimum Gasteiger partial charge on any atom is -0.482 e. The van der Waals surface area contributed by atoms with Crippen molar-refractivity contribution in [2.75, 3.05) is 31.4 Å². The van der Waals surface area contributed by atoms with Gasteiger partial charge in [0.25, 0.3) is 5.91 Å². The molecule has 6 heteroatoms. The molecule has 2 aromatic rings. The minimum atomic E-state index is -0.119. The molecule has 2 aromatic carbocycles. The van der Waals surface area contributed by atoms with Crippen LogP contribution in [0.4, 0.5) is 5.69 Å². The van der Waals surface area contributed by atoms with Crippen molar-refractivity contribution >= 4 is 29.3 Å². The van der Waals surface area contributed by atoms with Crippen LogP contribution in [0.25, 0.3) is 0 Å². The second-order valence-corrected chi connectivity index (χ2v) is 7.03. The number of para-hydroxylation sites is 2. The van der Waals surface area contributed by atoms with E-state index < -0.39 is 0 Å². The molecule has 0 spiro atoms. The van der Waals surface area contributed by atoms with Crippen LogP contribution < -0.4 is 9.64 Å². The van der Waals surface area contributed by atoms with Gasteiger partial charge in [-0.2, -0.15) is 0 Å². The fraction of sp³-hybridized carbons (Fsp3) is 0.300. The molecule has 0 unspecified atom stereocenters. The molecule has 0 radical (unpaired) electrons. The lowest BCUT2D eigenvalue weighted by molar-refractivity contribution is -0.130. The fourth-order valence-corrected chi connectivity index (χ4v) is 3.30. The Morgan fingerprint density at radius 1 is 1.19 bits per heavy atom. The number of hydrogen-bond donors (Lipinski definition) is 0. The van der Waals surface area contributed by atoms with E-state index in [0.29, 0.717) is 18.8 Å². The maximum Gasteiger partial charge on any atom is 0.265 e. The Morgan fingerprint density at radius 2 is 1.92 bits per heavy atom. The largest absolute Gasteiger partial charge is 0.482 e. The molecule has 0 aromatic heterocycles. The molecule has 0 atom stereocenters. The van der Waals surface area contributed by atoms with Crippen LogP contribution in [0.15, 0.2) is 53.4 Å². The van der Waals surface area contributed by atoms with E-state index in [9.17, 15) is 9.59 Å². The molecule has 5 nitrogen and oxygen atoms in total. The number of amides is 2. The van der Waals surface area contributed by atoms with Gasteiger partial charge in [-0.1, -0.05) is 24.3 Å². The summed E-state index contributed by atoms with van der Waals surface area (Å²) in [4.78, 5) is 29.2. The van der Waals surface area contributed by atoms with Gasteiger partial charge in [0.1, 0.15) is 5.75 Å². The van der Waals surface area contributed by atoms with Crippen LogP contribution in [0.1, 0.15) is 12.0 Å². The van der Waals surface area contributed by atoms with Crippen molar-refractivity contribution in [3.8, 4) is 5.75 Å². The summed E-state index contributed by atoms with van der Waals surface area (Å²) < 4.78 is 5.43. The molecule has 3 rings (SSSR count). The van der Waals surface area contributed by atoms with Gasteiger partial charge in [-0.15, -0.1) is 11.8 Å². The van der Waals surface area contributed by atoms with Gasteiger partial charge in [-0.25, -0.2) is 0 Å². The highest BCUT2D eigenvalue weighted by Gasteiger charge is 2.25. The first kappa shape index (κ1) is 18.3. The van der Waals surface area contributed by atoms with E-state index in [1.165, 1.54) is 4.90 Å². The maximum absolute atomic E-state index is 12.5. The number of rotatable bonds is 6. The Bertz CT molecular complexity index is 792. The topological polar surface area (TPSA) is 49.9 Å². The molecule has 136 valence electrons. The summed E-state index contributed by atoms with van der Waals surface area (Å²) >= 11 is 1.69. The number of nitrogens with zero attached hydrogens (tertiary/aromatic N) is 2. The molecule has 1 aliphatic heterocycles. The first-order valence-corrected chi connectivity index (χ1v) is 9.70. The van der Waals surface area contributed by atoms with Crippen LogP contribution in [-0.4, -0.2) is 43.2 Å². The number of thioether (sulfide) groups is 1. The molecule has 0 saturated carbocycles. The van der Waals surface area contributed by atoms with Crippen molar-refractivity contribution in [1.29, 1.82) is 0 Å². The van der Waals surface area contributed by atoms with Crippen molar-refractivity contribution in [3.63, 3.8) is 0 Å². The Hall–Kier alpha value is -2.47. The normalized spacial score (nSPS) is 13.2. The van der Waals surface area contributed by atoms with Crippen LogP contribution in [0.3, 0.4) is 0 Å². The number of benzene rings is 2. The van der Waals surface area contributed by atoms with Gasteiger partial charge in [0.15, 0.2) is 6.61 Å². The van der Waals surface area contributed by atoms with Crippen molar-refractivity contribution < 1.29 is 14.3 Å². The van der Waals surface area contributed by atoms with Crippen molar-refractivity contribution in [1.82, 2.24) is 4.90 Å². The van der Waals surface area contributed by atoms with Crippen LogP contribution in [0.2, 0.25) is 0 Å². The third-order valence-corrected chi connectivity index (χ3v) is 5.11. The summed E-state index contributed by atoms with van der Waals surface area (Å²) in [5, 5.41) is 0. The first-order chi connectivity index (χ1) is 12.6. The number of anilines is 1. The average molecular weight is 370 g/mol. The maximum atomic E-state index is 12.5. The van der Waals surface area contributed by atoms with E-state index >= 15 is 0 Å². The predicted molar refractivity (Wildman–Crippen MR) is 104 cm³/mol. The van der Waals surface area contributed by atoms with E-state index in [1.807, 2.05) is 42.7 Å². The van der Waals surface area contributed by atoms with E-state index in [1.54, 1.807) is 28.6 Å². The number of carbonyl (C=O) groups is 2. The highest BCUT2D eigenvalue weighted by molar-refractivity contribution is 7.98. The van der Waals surface area contributed by atoms with Crippen molar-refractivity contribution in [2.24, 2.45) is 0 Å². The summed E-state index contributed by atoms with van der Waals surface area (Å²) in [5.41, 5.74) is 1.82. The molecule has 26 heavy (non-hydrogen) atoms. The Morgan fingerprint density at radius 3 is 2.65 bits per heavy atom. The van der Waals surface area contributed by atoms with Crippen molar-refractivity contribution in [3.05, 3.63) is 54.1 Å². The molecule has 2 amide bonds. The predicted octanol–water partition coefficient (Wildman–Crippen LogP) is 3.18. The molecular weight excluding hydrogens is 348 g/mol. The second-order valence-electron chi connectivity index (χ2n) is 6.15. The molecule has 0 aliphatic carbocycles. The van der Waals surface area contributed by atoms with Crippen LogP contribution in [0.5, 0.6) is 5.75 Å². The minimum absolute atomic E-state index is 0.00992. The average Bonchev–Trinajstić information content (AvgIpc) is 2.67. The third kappa shape index (κ3) is 4.19. The van der Waals surface area contributed by atoms with Gasteiger partial charge in [0.05, 0.1) is 5.69 Å². The molecular formula is C20H22N2O3S. The fourth-order valence-electron chi connectivity index (χ4n) is 2.89. The highest BCUT2D eigenvalue weighted by Crippen LogP contribution is 2.31. The summed E-state index contributed by atoms with van der Waals surface area (Å²) in [6.45, 7) is 0.928. The van der Waals surface area contributed by atoms with Gasteiger partial charge >= 0.3 is 0 Å². The smallest absolute Gasteiger partial charge is 0.265 e. The van der Waals surface area contributed by atoms with Crippen LogP contribution >= 0.6 is 11.8 Å². The molecule has 0 fully saturated rings. The Kier molecular flexibility index (Phi) is 5.83. The number of ether oxygens (including phenoxy) is 1. The summed E-state index contributed by atoms with van der Waals surface area (Å²) in [5.74, 6) is 0.573. The van der Waals surface area contributed by atoms with Crippen LogP contribution in [-0.2, 0) is 16.1 Å². The van der Waals surface area contributed by atoms with Gasteiger partial charge in [-0.3, -0.25) is 9.59 Å². The highest BCUT2D eigenvalue weighted by atomic mass is 32.2. The van der Waals surface area contributed by atoms with Crippen molar-refractivity contribution in [2.45, 2.75) is 17.9 Å². The molecule has 0 saturated heterocycles. The van der Waals surface area contributed by atoms with Gasteiger partial charge in [0, 0.05) is 31.5 Å². The molecule has 1 aliphatic rings. The Balaban J connectivity index is 1.58. The molecule has 1 heterocycles. The lowest BCUT2D eigenvalue weighted by Gasteiger charge is -2.29. The zero-order chi connectivity index (χ0) is 18.5. The quantitative estimate of drug-likeness (QED) is 0.733. The Labute approximate surface area is 157 Å². The molecule has 0 N–H and O–H groups in total. The van der Waals surface area contributed by atoms with Gasteiger partial charge in [0.2, 0.25) is 5.91 Å². The summed E-state index contributed by atoms with van der Waals surface area (Å²) in [6.07, 6.45) is 2.31. The zero-order valence-corrected chi connectivity index (χ0v) is 15.8. The zero-order valence-electron chi connectivity index (χ0n) is 15.0.